The molecule has 1 aliphatic heterocycles. The van der Waals surface area contributed by atoms with E-state index < -0.39 is 0 Å². The molecule has 2 aromatic carbocycles. The van der Waals surface area contributed by atoms with Crippen LogP contribution >= 0.6 is 46.6 Å². The van der Waals surface area contributed by atoms with Crippen LogP contribution in [0, 0.1) is 0 Å². The highest BCUT2D eigenvalue weighted by Crippen LogP contribution is 2.33. The minimum Gasteiger partial charge on any atom is -0.186 e. The molecule has 2 heterocycles. The number of hydrogen-bond donors (Lipinski definition) is 0. The van der Waals surface area contributed by atoms with Crippen molar-refractivity contribution in [2.75, 3.05) is 5.75 Å². The van der Waals surface area contributed by atoms with E-state index in [0.29, 0.717) is 31.8 Å². The lowest BCUT2D eigenvalue weighted by atomic mass is 10.1. The SMILES string of the molecule is Clc1ccc(-c2nnc3n2N=C(c2ccccc2Cl)CS3)c(Cl)c1. The summed E-state index contributed by atoms with van der Waals surface area (Å²) in [6.07, 6.45) is 0. The zero-order chi connectivity index (χ0) is 16.7. The maximum Gasteiger partial charge on any atom is 0.212 e. The summed E-state index contributed by atoms with van der Waals surface area (Å²) in [6, 6.07) is 12.9. The molecule has 4 rings (SSSR count). The first-order valence-corrected chi connectivity index (χ1v) is 9.12. The quantitative estimate of drug-likeness (QED) is 0.594. The van der Waals surface area contributed by atoms with E-state index >= 15 is 0 Å². The highest BCUT2D eigenvalue weighted by Gasteiger charge is 2.22. The molecule has 8 heteroatoms. The zero-order valence-electron chi connectivity index (χ0n) is 12.1. The molecule has 0 aliphatic carbocycles. The summed E-state index contributed by atoms with van der Waals surface area (Å²) < 4.78 is 1.70. The third kappa shape index (κ3) is 2.82. The Morgan fingerprint density at radius 1 is 0.917 bits per heavy atom. The monoisotopic (exact) mass is 394 g/mol. The first-order valence-electron chi connectivity index (χ1n) is 7.00. The summed E-state index contributed by atoms with van der Waals surface area (Å²) >= 11 is 20.1. The molecule has 0 bridgehead atoms. The number of rotatable bonds is 2. The van der Waals surface area contributed by atoms with Gasteiger partial charge in [-0.2, -0.15) is 9.78 Å². The normalized spacial score (nSPS) is 13.5. The van der Waals surface area contributed by atoms with Crippen LogP contribution in [0.4, 0.5) is 0 Å². The molecule has 3 aromatic rings. The highest BCUT2D eigenvalue weighted by molar-refractivity contribution is 7.99. The number of benzene rings is 2. The van der Waals surface area contributed by atoms with Gasteiger partial charge in [0.1, 0.15) is 0 Å². The molecule has 0 radical (unpaired) electrons. The van der Waals surface area contributed by atoms with Gasteiger partial charge in [0.2, 0.25) is 5.16 Å². The number of nitrogens with zero attached hydrogens (tertiary/aromatic N) is 4. The molecular weight excluding hydrogens is 387 g/mol. The minimum absolute atomic E-state index is 0.503. The summed E-state index contributed by atoms with van der Waals surface area (Å²) in [5.41, 5.74) is 2.49. The van der Waals surface area contributed by atoms with E-state index in [1.54, 1.807) is 28.6 Å². The van der Waals surface area contributed by atoms with E-state index in [9.17, 15) is 0 Å². The van der Waals surface area contributed by atoms with Gasteiger partial charge in [-0.1, -0.05) is 64.8 Å². The Morgan fingerprint density at radius 3 is 2.54 bits per heavy atom. The maximum absolute atomic E-state index is 6.30. The van der Waals surface area contributed by atoms with Gasteiger partial charge < -0.3 is 0 Å². The fourth-order valence-corrected chi connectivity index (χ4v) is 3.96. The summed E-state index contributed by atoms with van der Waals surface area (Å²) in [6.45, 7) is 0. The molecule has 0 amide bonds. The molecule has 0 atom stereocenters. The molecular formula is C16H9Cl3N4S. The Kier molecular flexibility index (Phi) is 4.26. The van der Waals surface area contributed by atoms with E-state index in [1.165, 1.54) is 0 Å². The maximum atomic E-state index is 6.30. The van der Waals surface area contributed by atoms with Crippen LogP contribution in [0.5, 0.6) is 0 Å². The fraction of sp³-hybridized carbons (Fsp3) is 0.0625. The van der Waals surface area contributed by atoms with Gasteiger partial charge >= 0.3 is 0 Å². The summed E-state index contributed by atoms with van der Waals surface area (Å²) in [4.78, 5) is 0. The van der Waals surface area contributed by atoms with Crippen molar-refractivity contribution in [2.24, 2.45) is 5.10 Å². The van der Waals surface area contributed by atoms with Crippen LogP contribution in [0.25, 0.3) is 11.4 Å². The third-order valence-electron chi connectivity index (χ3n) is 3.53. The lowest BCUT2D eigenvalue weighted by molar-refractivity contribution is 0.762. The first-order chi connectivity index (χ1) is 11.6. The Hall–Kier alpha value is -1.53. The van der Waals surface area contributed by atoms with Crippen molar-refractivity contribution in [1.29, 1.82) is 0 Å². The van der Waals surface area contributed by atoms with Crippen LogP contribution in [0.15, 0.2) is 52.7 Å². The Bertz CT molecular complexity index is 968. The van der Waals surface area contributed by atoms with Crippen LogP contribution in [0.2, 0.25) is 15.1 Å². The van der Waals surface area contributed by atoms with Crippen molar-refractivity contribution in [2.45, 2.75) is 5.16 Å². The van der Waals surface area contributed by atoms with E-state index in [0.717, 1.165) is 16.8 Å². The summed E-state index contributed by atoms with van der Waals surface area (Å²) in [5.74, 6) is 1.25. The van der Waals surface area contributed by atoms with Gasteiger partial charge in [-0.3, -0.25) is 0 Å². The van der Waals surface area contributed by atoms with Crippen molar-refractivity contribution in [1.82, 2.24) is 14.9 Å². The van der Waals surface area contributed by atoms with Gasteiger partial charge in [0, 0.05) is 26.9 Å². The summed E-state index contributed by atoms with van der Waals surface area (Å²) in [7, 11) is 0. The van der Waals surface area contributed by atoms with E-state index in [4.69, 9.17) is 34.8 Å². The Labute approximate surface area is 157 Å². The number of halogens is 3. The van der Waals surface area contributed by atoms with Crippen LogP contribution in [-0.2, 0) is 0 Å². The van der Waals surface area contributed by atoms with Crippen molar-refractivity contribution >= 4 is 52.3 Å². The molecule has 0 unspecified atom stereocenters. The van der Waals surface area contributed by atoms with Crippen molar-refractivity contribution in [3.05, 3.63) is 63.1 Å². The topological polar surface area (TPSA) is 43.1 Å². The lowest BCUT2D eigenvalue weighted by Gasteiger charge is -2.15. The van der Waals surface area contributed by atoms with Crippen LogP contribution in [-0.4, -0.2) is 26.3 Å². The molecule has 1 aromatic heterocycles. The average Bonchev–Trinajstić information content (AvgIpc) is 2.98. The predicted octanol–water partition coefficient (Wildman–Crippen LogP) is 5.26. The Balaban J connectivity index is 1.84. The summed E-state index contributed by atoms with van der Waals surface area (Å²) in [5, 5.41) is 15.6. The smallest absolute Gasteiger partial charge is 0.186 e. The van der Waals surface area contributed by atoms with Crippen molar-refractivity contribution in [3.63, 3.8) is 0 Å². The standard InChI is InChI=1S/C16H9Cl3N4S/c17-9-5-6-11(13(19)7-9)15-20-21-16-23(15)22-14(8-24-16)10-3-1-2-4-12(10)18/h1-7H,8H2. The number of hydrogen-bond acceptors (Lipinski definition) is 4. The molecule has 24 heavy (non-hydrogen) atoms. The van der Waals surface area contributed by atoms with Gasteiger partial charge in [0.25, 0.3) is 0 Å². The molecule has 4 nitrogen and oxygen atoms in total. The van der Waals surface area contributed by atoms with Gasteiger partial charge in [-0.25, -0.2) is 0 Å². The molecule has 120 valence electrons. The highest BCUT2D eigenvalue weighted by atomic mass is 35.5. The molecule has 0 N–H and O–H groups in total. The van der Waals surface area contributed by atoms with E-state index in [1.807, 2.05) is 30.3 Å². The minimum atomic E-state index is 0.503. The molecule has 1 aliphatic rings. The van der Waals surface area contributed by atoms with Crippen LogP contribution in [0.3, 0.4) is 0 Å². The molecule has 0 fully saturated rings. The number of thioether (sulfide) groups is 1. The van der Waals surface area contributed by atoms with Crippen molar-refractivity contribution in [3.8, 4) is 11.4 Å². The van der Waals surface area contributed by atoms with Gasteiger partial charge in [0.05, 0.1) is 10.7 Å². The molecule has 0 saturated carbocycles. The zero-order valence-corrected chi connectivity index (χ0v) is 15.2. The molecule has 0 spiro atoms. The predicted molar refractivity (Wildman–Crippen MR) is 99.6 cm³/mol. The van der Waals surface area contributed by atoms with Gasteiger partial charge in [-0.15, -0.1) is 10.2 Å². The van der Waals surface area contributed by atoms with Gasteiger partial charge in [0.15, 0.2) is 5.82 Å². The number of fused-ring (bicyclic) bond motifs is 1. The third-order valence-corrected chi connectivity index (χ3v) is 5.34. The first kappa shape index (κ1) is 16.0. The lowest BCUT2D eigenvalue weighted by Crippen LogP contribution is -2.14. The Morgan fingerprint density at radius 2 is 1.75 bits per heavy atom. The second-order valence-corrected chi connectivity index (χ2v) is 7.25. The van der Waals surface area contributed by atoms with E-state index in [2.05, 4.69) is 15.3 Å². The van der Waals surface area contributed by atoms with Crippen LogP contribution in [0.1, 0.15) is 5.56 Å². The van der Waals surface area contributed by atoms with Crippen LogP contribution < -0.4 is 0 Å². The second-order valence-electron chi connectivity index (χ2n) is 5.06. The fourth-order valence-electron chi connectivity index (χ4n) is 2.39. The largest absolute Gasteiger partial charge is 0.212 e. The number of aromatic nitrogens is 3. The van der Waals surface area contributed by atoms with Gasteiger partial charge in [-0.05, 0) is 24.3 Å². The average molecular weight is 396 g/mol. The van der Waals surface area contributed by atoms with Crippen molar-refractivity contribution < 1.29 is 0 Å². The molecule has 0 saturated heterocycles. The second kappa shape index (κ2) is 6.41. The van der Waals surface area contributed by atoms with E-state index in [-0.39, 0.29) is 0 Å².